The number of carbonyl (C=O) groups is 1. The molecule has 2 N–H and O–H groups in total. The molecule has 2 saturated carbocycles. The molecule has 0 radical (unpaired) electrons. The molecule has 0 spiro atoms. The van der Waals surface area contributed by atoms with Crippen LogP contribution in [0.25, 0.3) is 0 Å². The van der Waals surface area contributed by atoms with Gasteiger partial charge in [0.25, 0.3) is 0 Å². The fourth-order valence-corrected chi connectivity index (χ4v) is 3.73. The van der Waals surface area contributed by atoms with Crippen molar-refractivity contribution in [3.05, 3.63) is 0 Å². The van der Waals surface area contributed by atoms with Gasteiger partial charge in [0.1, 0.15) is 0 Å². The van der Waals surface area contributed by atoms with Crippen molar-refractivity contribution >= 4 is 5.91 Å². The molecule has 3 heteroatoms. The van der Waals surface area contributed by atoms with Crippen molar-refractivity contribution in [1.29, 1.82) is 0 Å². The third-order valence-electron chi connectivity index (χ3n) is 5.03. The van der Waals surface area contributed by atoms with Crippen molar-refractivity contribution in [3.63, 3.8) is 0 Å². The van der Waals surface area contributed by atoms with Gasteiger partial charge in [0, 0.05) is 5.41 Å². The number of amides is 1. The Morgan fingerprint density at radius 3 is 2.50 bits per heavy atom. The molecule has 2 aliphatic rings. The zero-order chi connectivity index (χ0) is 13.2. The van der Waals surface area contributed by atoms with Crippen LogP contribution in [0.4, 0.5) is 0 Å². The molecule has 104 valence electrons. The van der Waals surface area contributed by atoms with Gasteiger partial charge in [-0.1, -0.05) is 39.5 Å². The fraction of sp³-hybridized carbons (Fsp3) is 0.933. The van der Waals surface area contributed by atoms with Gasteiger partial charge >= 0.3 is 0 Å². The van der Waals surface area contributed by atoms with Gasteiger partial charge in [0.15, 0.2) is 0 Å². The number of nitrogens with one attached hydrogen (secondary N) is 1. The molecule has 0 heterocycles. The lowest BCUT2D eigenvalue weighted by Crippen LogP contribution is -2.56. The minimum atomic E-state index is -0.347. The Bertz CT molecular complexity index is 310. The maximum Gasteiger partial charge on any atom is 0.226 e. The zero-order valence-corrected chi connectivity index (χ0v) is 11.8. The van der Waals surface area contributed by atoms with Crippen molar-refractivity contribution in [2.45, 2.75) is 70.8 Å². The molecule has 2 rings (SSSR count). The monoisotopic (exact) mass is 253 g/mol. The Labute approximate surface area is 110 Å². The third kappa shape index (κ3) is 2.71. The first-order chi connectivity index (χ1) is 8.50. The van der Waals surface area contributed by atoms with Crippen LogP contribution in [0.1, 0.15) is 65.2 Å². The quantitative estimate of drug-likeness (QED) is 0.812. The van der Waals surface area contributed by atoms with Crippen LogP contribution >= 0.6 is 0 Å². The maximum absolute atomic E-state index is 12.5. The molecule has 2 fully saturated rings. The molecule has 0 aliphatic heterocycles. The summed E-state index contributed by atoms with van der Waals surface area (Å²) in [6.45, 7) is 4.37. The SMILES string of the molecule is CC1CCCC(CO)(NC(=O)C2(C)CCCC2)C1. The Kier molecular flexibility index (Phi) is 4.00. The second-order valence-corrected chi connectivity index (χ2v) is 6.86. The molecular formula is C15H27NO2. The van der Waals surface area contributed by atoms with E-state index in [9.17, 15) is 9.90 Å². The zero-order valence-electron chi connectivity index (χ0n) is 11.8. The van der Waals surface area contributed by atoms with Gasteiger partial charge in [-0.15, -0.1) is 0 Å². The van der Waals surface area contributed by atoms with Crippen LogP contribution in [0, 0.1) is 11.3 Å². The number of rotatable bonds is 3. The number of hydrogen-bond donors (Lipinski definition) is 2. The average molecular weight is 253 g/mol. The van der Waals surface area contributed by atoms with E-state index in [4.69, 9.17) is 0 Å². The highest BCUT2D eigenvalue weighted by molar-refractivity contribution is 5.83. The minimum Gasteiger partial charge on any atom is -0.394 e. The predicted octanol–water partition coefficient (Wildman–Crippen LogP) is 2.62. The Morgan fingerprint density at radius 1 is 1.28 bits per heavy atom. The van der Waals surface area contributed by atoms with Crippen LogP contribution < -0.4 is 5.32 Å². The molecule has 2 unspecified atom stereocenters. The van der Waals surface area contributed by atoms with E-state index in [1.807, 2.05) is 0 Å². The van der Waals surface area contributed by atoms with Crippen LogP contribution in [0.3, 0.4) is 0 Å². The van der Waals surface area contributed by atoms with Crippen LogP contribution in [-0.4, -0.2) is 23.2 Å². The molecule has 0 saturated heterocycles. The smallest absolute Gasteiger partial charge is 0.226 e. The first-order valence-corrected chi connectivity index (χ1v) is 7.43. The van der Waals surface area contributed by atoms with Crippen molar-refractivity contribution in [2.75, 3.05) is 6.61 Å². The second-order valence-electron chi connectivity index (χ2n) is 6.86. The lowest BCUT2D eigenvalue weighted by molar-refractivity contribution is -0.133. The lowest BCUT2D eigenvalue weighted by Gasteiger charge is -2.41. The number of aliphatic hydroxyl groups excluding tert-OH is 1. The van der Waals surface area contributed by atoms with Gasteiger partial charge in [-0.3, -0.25) is 4.79 Å². The molecule has 0 bridgehead atoms. The Balaban J connectivity index is 2.03. The van der Waals surface area contributed by atoms with Crippen molar-refractivity contribution in [3.8, 4) is 0 Å². The number of carbonyl (C=O) groups excluding carboxylic acids is 1. The molecule has 0 aromatic heterocycles. The standard InChI is InChI=1S/C15H27NO2/c1-12-6-5-9-15(10-12,11-17)16-13(18)14(2)7-3-4-8-14/h12,17H,3-11H2,1-2H3,(H,16,18). The van der Waals surface area contributed by atoms with E-state index < -0.39 is 0 Å². The van der Waals surface area contributed by atoms with E-state index >= 15 is 0 Å². The van der Waals surface area contributed by atoms with Crippen LogP contribution in [-0.2, 0) is 4.79 Å². The van der Waals surface area contributed by atoms with Crippen molar-refractivity contribution < 1.29 is 9.90 Å². The molecular weight excluding hydrogens is 226 g/mol. The van der Waals surface area contributed by atoms with Gasteiger partial charge in [-0.2, -0.15) is 0 Å². The highest BCUT2D eigenvalue weighted by atomic mass is 16.3. The summed E-state index contributed by atoms with van der Waals surface area (Å²) in [4.78, 5) is 12.5. The summed E-state index contributed by atoms with van der Waals surface area (Å²) in [7, 11) is 0. The molecule has 18 heavy (non-hydrogen) atoms. The van der Waals surface area contributed by atoms with E-state index in [2.05, 4.69) is 19.2 Å². The van der Waals surface area contributed by atoms with Crippen molar-refractivity contribution in [2.24, 2.45) is 11.3 Å². The first kappa shape index (κ1) is 13.9. The first-order valence-electron chi connectivity index (χ1n) is 7.43. The van der Waals surface area contributed by atoms with Gasteiger partial charge in [-0.25, -0.2) is 0 Å². The maximum atomic E-state index is 12.5. The van der Waals surface area contributed by atoms with Gasteiger partial charge < -0.3 is 10.4 Å². The minimum absolute atomic E-state index is 0.0825. The van der Waals surface area contributed by atoms with Crippen LogP contribution in [0.15, 0.2) is 0 Å². The van der Waals surface area contributed by atoms with E-state index in [0.29, 0.717) is 5.92 Å². The molecule has 2 atom stereocenters. The highest BCUT2D eigenvalue weighted by Crippen LogP contribution is 2.39. The normalized spacial score (nSPS) is 35.4. The molecule has 3 nitrogen and oxygen atoms in total. The summed E-state index contributed by atoms with van der Waals surface area (Å²) >= 11 is 0. The van der Waals surface area contributed by atoms with Gasteiger partial charge in [0.05, 0.1) is 12.1 Å². The fourth-order valence-electron chi connectivity index (χ4n) is 3.73. The Hall–Kier alpha value is -0.570. The summed E-state index contributed by atoms with van der Waals surface area (Å²) in [6.07, 6.45) is 8.49. The van der Waals surface area contributed by atoms with Gasteiger partial charge in [-0.05, 0) is 31.6 Å². The van der Waals surface area contributed by atoms with E-state index in [0.717, 1.165) is 44.9 Å². The van der Waals surface area contributed by atoms with Crippen molar-refractivity contribution in [1.82, 2.24) is 5.32 Å². The molecule has 1 amide bonds. The number of aliphatic hydroxyl groups is 1. The predicted molar refractivity (Wildman–Crippen MR) is 72.2 cm³/mol. The van der Waals surface area contributed by atoms with E-state index in [1.54, 1.807) is 0 Å². The molecule has 0 aromatic carbocycles. The van der Waals surface area contributed by atoms with E-state index in [1.165, 1.54) is 6.42 Å². The second kappa shape index (κ2) is 5.20. The summed E-state index contributed by atoms with van der Waals surface area (Å²) in [5, 5.41) is 12.9. The lowest BCUT2D eigenvalue weighted by atomic mass is 9.75. The van der Waals surface area contributed by atoms with Gasteiger partial charge in [0.2, 0.25) is 5.91 Å². The van der Waals surface area contributed by atoms with Crippen LogP contribution in [0.5, 0.6) is 0 Å². The highest BCUT2D eigenvalue weighted by Gasteiger charge is 2.42. The third-order valence-corrected chi connectivity index (χ3v) is 5.03. The summed E-state index contributed by atoms with van der Waals surface area (Å²) in [6, 6.07) is 0. The summed E-state index contributed by atoms with van der Waals surface area (Å²) in [5.41, 5.74) is -0.538. The average Bonchev–Trinajstić information content (AvgIpc) is 2.77. The summed E-state index contributed by atoms with van der Waals surface area (Å²) in [5.74, 6) is 0.769. The number of hydrogen-bond acceptors (Lipinski definition) is 2. The summed E-state index contributed by atoms with van der Waals surface area (Å²) < 4.78 is 0. The topological polar surface area (TPSA) is 49.3 Å². The largest absolute Gasteiger partial charge is 0.394 e. The molecule has 0 aromatic rings. The Morgan fingerprint density at radius 2 is 1.94 bits per heavy atom. The van der Waals surface area contributed by atoms with E-state index in [-0.39, 0.29) is 23.5 Å². The van der Waals surface area contributed by atoms with Crippen LogP contribution in [0.2, 0.25) is 0 Å². The molecule has 2 aliphatic carbocycles.